The normalized spacial score (nSPS) is 20.1. The fraction of sp³-hybridized carbons (Fsp3) is 0.667. The summed E-state index contributed by atoms with van der Waals surface area (Å²) in [6.07, 6.45) is 1.95. The highest BCUT2D eigenvalue weighted by atomic mass is 16.5. The van der Waals surface area contributed by atoms with E-state index in [9.17, 15) is 4.79 Å². The Morgan fingerprint density at radius 3 is 2.12 bits per heavy atom. The minimum absolute atomic E-state index is 0.0432. The molecule has 1 saturated heterocycles. The number of hydrogen-bond donors (Lipinski definition) is 2. The molecule has 0 bridgehead atoms. The van der Waals surface area contributed by atoms with Crippen LogP contribution in [0.1, 0.15) is 66.9 Å². The first-order chi connectivity index (χ1) is 11.4. The van der Waals surface area contributed by atoms with E-state index in [1.165, 1.54) is 5.56 Å². The van der Waals surface area contributed by atoms with Crippen molar-refractivity contribution in [3.63, 3.8) is 0 Å². The molecule has 25 heavy (non-hydrogen) atoms. The van der Waals surface area contributed by atoms with E-state index in [-0.39, 0.29) is 35.0 Å². The molecule has 1 heterocycles. The number of carbonyl (C=O) groups is 1. The Balaban J connectivity index is 1.86. The summed E-state index contributed by atoms with van der Waals surface area (Å²) in [5.41, 5.74) is 1.66. The smallest absolute Gasteiger partial charge is 0.258 e. The average molecular weight is 348 g/mol. The Morgan fingerprint density at radius 2 is 1.64 bits per heavy atom. The molecule has 140 valence electrons. The van der Waals surface area contributed by atoms with Crippen LogP contribution in [0.4, 0.5) is 0 Å². The molecule has 0 aromatic heterocycles. The second kappa shape index (κ2) is 6.99. The molecule has 1 aliphatic heterocycles. The van der Waals surface area contributed by atoms with Gasteiger partial charge < -0.3 is 15.4 Å². The highest BCUT2D eigenvalue weighted by Gasteiger charge is 2.42. The standard InChI is InChI=1S/C21H34N2O2/c1-19(2,3)15-8-10-17(11-9-15)25-14-18(24)22-16-12-20(4,5)23-21(6,7)13-16/h8-11,16,23H,12-14H2,1-7H3,(H,22,24)/p+1. The van der Waals surface area contributed by atoms with Crippen LogP contribution in [-0.2, 0) is 10.2 Å². The van der Waals surface area contributed by atoms with Gasteiger partial charge in [0.1, 0.15) is 5.75 Å². The lowest BCUT2D eigenvalue weighted by Crippen LogP contribution is -3.06. The van der Waals surface area contributed by atoms with E-state index < -0.39 is 0 Å². The first-order valence-electron chi connectivity index (χ1n) is 9.26. The van der Waals surface area contributed by atoms with Crippen molar-refractivity contribution in [2.75, 3.05) is 6.61 Å². The van der Waals surface area contributed by atoms with Gasteiger partial charge in [0.05, 0.1) is 11.1 Å². The molecule has 1 fully saturated rings. The molecular formula is C21H35N2O2+. The number of piperidine rings is 1. The highest BCUT2D eigenvalue weighted by molar-refractivity contribution is 5.77. The van der Waals surface area contributed by atoms with Gasteiger partial charge in [-0.3, -0.25) is 4.79 Å². The molecule has 3 N–H and O–H groups in total. The molecule has 0 aliphatic carbocycles. The molecule has 1 aliphatic rings. The Morgan fingerprint density at radius 1 is 1.12 bits per heavy atom. The molecule has 0 saturated carbocycles. The van der Waals surface area contributed by atoms with Crippen molar-refractivity contribution >= 4 is 5.91 Å². The van der Waals surface area contributed by atoms with Crippen molar-refractivity contribution in [3.8, 4) is 5.75 Å². The topological polar surface area (TPSA) is 54.9 Å². The van der Waals surface area contributed by atoms with Crippen LogP contribution in [0.25, 0.3) is 0 Å². The van der Waals surface area contributed by atoms with Gasteiger partial charge in [0.2, 0.25) is 0 Å². The van der Waals surface area contributed by atoms with Crippen LogP contribution in [0.15, 0.2) is 24.3 Å². The van der Waals surface area contributed by atoms with Gasteiger partial charge in [0.25, 0.3) is 5.91 Å². The summed E-state index contributed by atoms with van der Waals surface area (Å²) in [5, 5.41) is 5.56. The zero-order valence-corrected chi connectivity index (χ0v) is 16.9. The maximum absolute atomic E-state index is 12.3. The molecule has 4 heteroatoms. The number of ether oxygens (including phenoxy) is 1. The lowest BCUT2D eigenvalue weighted by atomic mass is 9.79. The number of nitrogens with one attached hydrogen (secondary N) is 1. The van der Waals surface area contributed by atoms with Gasteiger partial charge in [0, 0.05) is 18.9 Å². The van der Waals surface area contributed by atoms with Crippen molar-refractivity contribution in [2.45, 2.75) is 83.8 Å². The van der Waals surface area contributed by atoms with Gasteiger partial charge in [-0.1, -0.05) is 32.9 Å². The van der Waals surface area contributed by atoms with Crippen LogP contribution < -0.4 is 15.4 Å². The zero-order valence-electron chi connectivity index (χ0n) is 16.9. The summed E-state index contributed by atoms with van der Waals surface area (Å²) >= 11 is 0. The van der Waals surface area contributed by atoms with Gasteiger partial charge >= 0.3 is 0 Å². The highest BCUT2D eigenvalue weighted by Crippen LogP contribution is 2.24. The minimum atomic E-state index is -0.0432. The van der Waals surface area contributed by atoms with Crippen molar-refractivity contribution < 1.29 is 14.8 Å². The van der Waals surface area contributed by atoms with E-state index in [2.05, 4.69) is 71.2 Å². The molecule has 4 nitrogen and oxygen atoms in total. The summed E-state index contributed by atoms with van der Waals surface area (Å²) in [6, 6.07) is 8.21. The largest absolute Gasteiger partial charge is 0.484 e. The summed E-state index contributed by atoms with van der Waals surface area (Å²) in [4.78, 5) is 12.3. The van der Waals surface area contributed by atoms with Crippen LogP contribution in [0.3, 0.4) is 0 Å². The Labute approximate surface area is 152 Å². The fourth-order valence-corrected chi connectivity index (χ4v) is 4.09. The van der Waals surface area contributed by atoms with Crippen molar-refractivity contribution in [2.24, 2.45) is 0 Å². The van der Waals surface area contributed by atoms with Crippen LogP contribution in [-0.4, -0.2) is 29.6 Å². The molecule has 0 unspecified atom stereocenters. The van der Waals surface area contributed by atoms with E-state index in [4.69, 9.17) is 4.74 Å². The zero-order chi connectivity index (χ0) is 18.9. The summed E-state index contributed by atoms with van der Waals surface area (Å²) in [7, 11) is 0. The predicted octanol–water partition coefficient (Wildman–Crippen LogP) is 2.76. The van der Waals surface area contributed by atoms with Gasteiger partial charge in [-0.05, 0) is 50.8 Å². The van der Waals surface area contributed by atoms with Gasteiger partial charge in [-0.15, -0.1) is 0 Å². The second-order valence-corrected chi connectivity index (χ2v) is 9.86. The molecule has 1 aromatic rings. The van der Waals surface area contributed by atoms with Crippen LogP contribution >= 0.6 is 0 Å². The van der Waals surface area contributed by atoms with Crippen LogP contribution in [0.5, 0.6) is 5.75 Å². The third-order valence-corrected chi connectivity index (χ3v) is 4.78. The number of carbonyl (C=O) groups excluding carboxylic acids is 1. The van der Waals surface area contributed by atoms with Crippen LogP contribution in [0.2, 0.25) is 0 Å². The Kier molecular flexibility index (Phi) is 5.53. The summed E-state index contributed by atoms with van der Waals surface area (Å²) < 4.78 is 5.66. The van der Waals surface area contributed by atoms with Gasteiger partial charge in [0.15, 0.2) is 6.61 Å². The van der Waals surface area contributed by atoms with Crippen molar-refractivity contribution in [3.05, 3.63) is 29.8 Å². The number of amides is 1. The third kappa shape index (κ3) is 6.03. The summed E-state index contributed by atoms with van der Waals surface area (Å²) in [5.74, 6) is 0.694. The minimum Gasteiger partial charge on any atom is -0.484 e. The number of hydrogen-bond acceptors (Lipinski definition) is 2. The van der Waals surface area contributed by atoms with Crippen molar-refractivity contribution in [1.29, 1.82) is 0 Å². The molecular weight excluding hydrogens is 312 g/mol. The predicted molar refractivity (Wildman–Crippen MR) is 102 cm³/mol. The molecule has 1 amide bonds. The van der Waals surface area contributed by atoms with Gasteiger partial charge in [-0.2, -0.15) is 0 Å². The lowest BCUT2D eigenvalue weighted by Gasteiger charge is -2.43. The number of benzene rings is 1. The Hall–Kier alpha value is -1.55. The number of quaternary nitrogens is 1. The van der Waals surface area contributed by atoms with E-state index in [0.717, 1.165) is 18.6 Å². The van der Waals surface area contributed by atoms with Crippen LogP contribution in [0, 0.1) is 0 Å². The fourth-order valence-electron chi connectivity index (χ4n) is 4.09. The number of nitrogens with two attached hydrogens (primary N) is 1. The maximum atomic E-state index is 12.3. The quantitative estimate of drug-likeness (QED) is 0.880. The molecule has 0 spiro atoms. The first kappa shape index (κ1) is 19.8. The molecule has 2 rings (SSSR count). The van der Waals surface area contributed by atoms with Gasteiger partial charge in [-0.25, -0.2) is 0 Å². The molecule has 0 atom stereocenters. The van der Waals surface area contributed by atoms with E-state index >= 15 is 0 Å². The molecule has 1 aromatic carbocycles. The first-order valence-corrected chi connectivity index (χ1v) is 9.26. The number of rotatable bonds is 4. The third-order valence-electron chi connectivity index (χ3n) is 4.78. The summed E-state index contributed by atoms with van der Waals surface area (Å²) in [6.45, 7) is 15.6. The monoisotopic (exact) mass is 347 g/mol. The maximum Gasteiger partial charge on any atom is 0.258 e. The van der Waals surface area contributed by atoms with E-state index in [1.54, 1.807) is 0 Å². The average Bonchev–Trinajstić information content (AvgIpc) is 2.41. The van der Waals surface area contributed by atoms with Crippen molar-refractivity contribution in [1.82, 2.24) is 5.32 Å². The molecule has 0 radical (unpaired) electrons. The second-order valence-electron chi connectivity index (χ2n) is 9.86. The SMILES string of the molecule is CC1(C)CC(NC(=O)COc2ccc(C(C)(C)C)cc2)CC(C)(C)[NH2+]1. The Bertz CT molecular complexity index is 581. The van der Waals surface area contributed by atoms with E-state index in [1.807, 2.05) is 12.1 Å². The van der Waals surface area contributed by atoms with E-state index in [0.29, 0.717) is 0 Å². The lowest BCUT2D eigenvalue weighted by molar-refractivity contribution is -0.787.